The van der Waals surface area contributed by atoms with Crippen LogP contribution in [0.4, 0.5) is 11.4 Å². The molecule has 2 rings (SSSR count). The molecule has 0 spiro atoms. The number of nitrogens with one attached hydrogen (secondary N) is 1. The normalized spacial score (nSPS) is 10.3. The molecule has 0 radical (unpaired) electrons. The molecule has 0 heterocycles. The molecule has 7 heteroatoms. The van der Waals surface area contributed by atoms with Crippen LogP contribution in [0.15, 0.2) is 40.9 Å². The zero-order valence-electron chi connectivity index (χ0n) is 10.1. The van der Waals surface area contributed by atoms with Crippen LogP contribution in [0, 0.1) is 10.1 Å². The Labute approximate surface area is 134 Å². The van der Waals surface area contributed by atoms with Gasteiger partial charge in [-0.2, -0.15) is 0 Å². The van der Waals surface area contributed by atoms with Crippen LogP contribution in [0.2, 0.25) is 10.0 Å². The Morgan fingerprint density at radius 2 is 1.95 bits per heavy atom. The van der Waals surface area contributed by atoms with Crippen LogP contribution in [0.1, 0.15) is 5.56 Å². The van der Waals surface area contributed by atoms with Gasteiger partial charge in [0.15, 0.2) is 0 Å². The molecule has 0 atom stereocenters. The molecule has 0 unspecified atom stereocenters. The van der Waals surface area contributed by atoms with E-state index in [0.717, 1.165) is 4.47 Å². The van der Waals surface area contributed by atoms with Crippen molar-refractivity contribution in [3.05, 3.63) is 66.6 Å². The van der Waals surface area contributed by atoms with Gasteiger partial charge in [0, 0.05) is 27.7 Å². The Hall–Kier alpha value is -1.30. The number of hydrogen-bond donors (Lipinski definition) is 1. The molecule has 0 amide bonds. The molecule has 0 fully saturated rings. The van der Waals surface area contributed by atoms with Gasteiger partial charge in [0.05, 0.1) is 15.6 Å². The SMILES string of the molecule is O=[N+]([O-])c1ccc(Br)cc1CNc1ccc(Cl)cc1Cl. The predicted octanol–water partition coefficient (Wildman–Crippen LogP) is 5.28. The van der Waals surface area contributed by atoms with Crippen LogP contribution >= 0.6 is 39.1 Å². The van der Waals surface area contributed by atoms with Gasteiger partial charge in [-0.15, -0.1) is 0 Å². The summed E-state index contributed by atoms with van der Waals surface area (Å²) in [6.45, 7) is 0.289. The summed E-state index contributed by atoms with van der Waals surface area (Å²) in [7, 11) is 0. The van der Waals surface area contributed by atoms with Crippen LogP contribution in [0.25, 0.3) is 0 Å². The molecule has 1 N–H and O–H groups in total. The van der Waals surface area contributed by atoms with Crippen molar-refractivity contribution in [2.24, 2.45) is 0 Å². The first kappa shape index (κ1) is 15.1. The van der Waals surface area contributed by atoms with Crippen molar-refractivity contribution in [1.29, 1.82) is 0 Å². The Morgan fingerprint density at radius 3 is 2.60 bits per heavy atom. The topological polar surface area (TPSA) is 55.2 Å². The summed E-state index contributed by atoms with van der Waals surface area (Å²) in [5.74, 6) is 0. The van der Waals surface area contributed by atoms with Gasteiger partial charge in [-0.3, -0.25) is 10.1 Å². The van der Waals surface area contributed by atoms with Gasteiger partial charge in [-0.05, 0) is 30.3 Å². The minimum absolute atomic E-state index is 0.0609. The van der Waals surface area contributed by atoms with E-state index in [0.29, 0.717) is 21.3 Å². The summed E-state index contributed by atoms with van der Waals surface area (Å²) in [4.78, 5) is 10.6. The molecule has 0 aliphatic carbocycles. The number of hydrogen-bond acceptors (Lipinski definition) is 3. The summed E-state index contributed by atoms with van der Waals surface area (Å²) >= 11 is 15.2. The van der Waals surface area contributed by atoms with E-state index in [2.05, 4.69) is 21.2 Å². The minimum Gasteiger partial charge on any atom is -0.379 e. The second-order valence-electron chi connectivity index (χ2n) is 4.01. The van der Waals surface area contributed by atoms with Crippen LogP contribution < -0.4 is 5.32 Å². The van der Waals surface area contributed by atoms with E-state index in [9.17, 15) is 10.1 Å². The fourth-order valence-electron chi connectivity index (χ4n) is 1.70. The molecule has 0 saturated heterocycles. The lowest BCUT2D eigenvalue weighted by atomic mass is 10.2. The lowest BCUT2D eigenvalue weighted by Crippen LogP contribution is -2.03. The van der Waals surface area contributed by atoms with Crippen molar-refractivity contribution in [2.45, 2.75) is 6.54 Å². The Morgan fingerprint density at radius 1 is 1.20 bits per heavy atom. The van der Waals surface area contributed by atoms with E-state index in [1.807, 2.05) is 0 Å². The van der Waals surface area contributed by atoms with Crippen LogP contribution in [-0.2, 0) is 6.54 Å². The maximum Gasteiger partial charge on any atom is 0.274 e. The third-order valence-corrected chi connectivity index (χ3v) is 3.68. The van der Waals surface area contributed by atoms with Gasteiger partial charge in [-0.25, -0.2) is 0 Å². The molecule has 104 valence electrons. The van der Waals surface area contributed by atoms with E-state index in [1.54, 1.807) is 30.3 Å². The number of benzene rings is 2. The van der Waals surface area contributed by atoms with E-state index in [-0.39, 0.29) is 12.2 Å². The van der Waals surface area contributed by atoms with Gasteiger partial charge in [0.1, 0.15) is 0 Å². The van der Waals surface area contributed by atoms with Gasteiger partial charge < -0.3 is 5.32 Å². The highest BCUT2D eigenvalue weighted by atomic mass is 79.9. The summed E-state index contributed by atoms with van der Waals surface area (Å²) < 4.78 is 0.780. The van der Waals surface area contributed by atoms with E-state index in [4.69, 9.17) is 23.2 Å². The highest BCUT2D eigenvalue weighted by molar-refractivity contribution is 9.10. The standard InChI is InChI=1S/C13H9BrCl2N2O2/c14-9-1-4-13(18(19)20)8(5-9)7-17-12-3-2-10(15)6-11(12)16/h1-6,17H,7H2. The molecule has 0 bridgehead atoms. The van der Waals surface area contributed by atoms with Crippen LogP contribution in [-0.4, -0.2) is 4.92 Å². The van der Waals surface area contributed by atoms with Gasteiger partial charge in [0.25, 0.3) is 5.69 Å². The first-order valence-corrected chi connectivity index (χ1v) is 7.14. The number of halogens is 3. The number of nitrogens with zero attached hydrogens (tertiary/aromatic N) is 1. The first-order valence-electron chi connectivity index (χ1n) is 5.59. The van der Waals surface area contributed by atoms with Gasteiger partial charge >= 0.3 is 0 Å². The molecular weight excluding hydrogens is 367 g/mol. The molecule has 20 heavy (non-hydrogen) atoms. The second-order valence-corrected chi connectivity index (χ2v) is 5.77. The molecule has 2 aromatic rings. The highest BCUT2D eigenvalue weighted by Crippen LogP contribution is 2.28. The Balaban J connectivity index is 2.22. The van der Waals surface area contributed by atoms with Gasteiger partial charge in [0.2, 0.25) is 0 Å². The molecule has 2 aromatic carbocycles. The summed E-state index contributed by atoms with van der Waals surface area (Å²) in [6, 6.07) is 9.84. The largest absolute Gasteiger partial charge is 0.379 e. The summed E-state index contributed by atoms with van der Waals surface area (Å²) in [6.07, 6.45) is 0. The number of nitro groups is 1. The molecule has 4 nitrogen and oxygen atoms in total. The second kappa shape index (κ2) is 6.43. The number of rotatable bonds is 4. The maximum absolute atomic E-state index is 11.0. The van der Waals surface area contributed by atoms with Crippen molar-refractivity contribution in [3.63, 3.8) is 0 Å². The maximum atomic E-state index is 11.0. The van der Waals surface area contributed by atoms with Gasteiger partial charge in [-0.1, -0.05) is 39.1 Å². The monoisotopic (exact) mass is 374 g/mol. The molecule has 0 aromatic heterocycles. The summed E-state index contributed by atoms with van der Waals surface area (Å²) in [5.41, 5.74) is 1.30. The predicted molar refractivity (Wildman–Crippen MR) is 84.6 cm³/mol. The zero-order chi connectivity index (χ0) is 14.7. The third-order valence-electron chi connectivity index (χ3n) is 2.64. The number of nitro benzene ring substituents is 1. The van der Waals surface area contributed by atoms with Crippen molar-refractivity contribution < 1.29 is 4.92 Å². The molecule has 0 aliphatic heterocycles. The van der Waals surface area contributed by atoms with Crippen LogP contribution in [0.5, 0.6) is 0 Å². The summed E-state index contributed by atoms with van der Waals surface area (Å²) in [5, 5.41) is 15.0. The average molecular weight is 376 g/mol. The molecular formula is C13H9BrCl2N2O2. The van der Waals surface area contributed by atoms with E-state index >= 15 is 0 Å². The van der Waals surface area contributed by atoms with Crippen molar-refractivity contribution in [1.82, 2.24) is 0 Å². The van der Waals surface area contributed by atoms with E-state index in [1.165, 1.54) is 6.07 Å². The molecule has 0 aliphatic rings. The Kier molecular flexibility index (Phi) is 4.86. The fraction of sp³-hybridized carbons (Fsp3) is 0.0769. The molecule has 0 saturated carbocycles. The van der Waals surface area contributed by atoms with Crippen molar-refractivity contribution >= 4 is 50.5 Å². The third kappa shape index (κ3) is 3.62. The lowest BCUT2D eigenvalue weighted by molar-refractivity contribution is -0.385. The quantitative estimate of drug-likeness (QED) is 0.584. The number of anilines is 1. The first-order chi connectivity index (χ1) is 9.47. The van der Waals surface area contributed by atoms with E-state index < -0.39 is 4.92 Å². The lowest BCUT2D eigenvalue weighted by Gasteiger charge is -2.09. The van der Waals surface area contributed by atoms with Crippen molar-refractivity contribution in [2.75, 3.05) is 5.32 Å². The Bertz CT molecular complexity index is 665. The van der Waals surface area contributed by atoms with Crippen molar-refractivity contribution in [3.8, 4) is 0 Å². The average Bonchev–Trinajstić information content (AvgIpc) is 2.37. The zero-order valence-corrected chi connectivity index (χ0v) is 13.2. The van der Waals surface area contributed by atoms with Crippen LogP contribution in [0.3, 0.4) is 0 Å². The minimum atomic E-state index is -0.410. The smallest absolute Gasteiger partial charge is 0.274 e. The highest BCUT2D eigenvalue weighted by Gasteiger charge is 2.13. The fourth-order valence-corrected chi connectivity index (χ4v) is 2.58.